The smallest absolute Gasteiger partial charge is 0.355 e. The van der Waals surface area contributed by atoms with Crippen LogP contribution in [-0.4, -0.2) is 38.1 Å². The third-order valence-electron chi connectivity index (χ3n) is 1.99. The average molecular weight is 284 g/mol. The van der Waals surface area contributed by atoms with Gasteiger partial charge >= 0.3 is 5.97 Å². The van der Waals surface area contributed by atoms with Crippen LogP contribution in [0.4, 0.5) is 0 Å². The lowest BCUT2D eigenvalue weighted by molar-refractivity contribution is 0.0690. The molecule has 7 nitrogen and oxygen atoms in total. The van der Waals surface area contributed by atoms with Gasteiger partial charge in [0.15, 0.2) is 11.4 Å². The Morgan fingerprint density at radius 1 is 1.33 bits per heavy atom. The highest BCUT2D eigenvalue weighted by Crippen LogP contribution is 2.09. The summed E-state index contributed by atoms with van der Waals surface area (Å²) in [5.41, 5.74) is 0.315. The molecule has 0 radical (unpaired) electrons. The van der Waals surface area contributed by atoms with Gasteiger partial charge in [0.2, 0.25) is 0 Å². The largest absolute Gasteiger partial charge is 0.476 e. The Morgan fingerprint density at radius 2 is 2.17 bits per heavy atom. The summed E-state index contributed by atoms with van der Waals surface area (Å²) in [5, 5.41) is 18.7. The summed E-state index contributed by atoms with van der Waals surface area (Å²) in [4.78, 5) is 26.0. The van der Waals surface area contributed by atoms with Gasteiger partial charge in [-0.2, -0.15) is 0 Å². The fourth-order valence-electron chi connectivity index (χ4n) is 1.16. The normalized spacial score (nSPS) is 10.2. The van der Waals surface area contributed by atoms with Crippen LogP contribution in [-0.2, 0) is 6.42 Å². The minimum Gasteiger partial charge on any atom is -0.476 e. The third-order valence-corrected chi connectivity index (χ3v) is 3.40. The van der Waals surface area contributed by atoms with Crippen molar-refractivity contribution in [3.8, 4) is 0 Å². The number of nitrogens with zero attached hydrogens (tertiary/aromatic N) is 3. The van der Waals surface area contributed by atoms with E-state index in [9.17, 15) is 9.59 Å². The zero-order valence-electron chi connectivity index (χ0n) is 8.99. The SMILES string of the molecule is O=C(O)c1csc(CCNC(=O)c2csnn2)n1. The molecule has 0 aliphatic carbocycles. The van der Waals surface area contributed by atoms with E-state index in [4.69, 9.17) is 5.11 Å². The Morgan fingerprint density at radius 3 is 2.78 bits per heavy atom. The van der Waals surface area contributed by atoms with E-state index in [0.29, 0.717) is 18.0 Å². The van der Waals surface area contributed by atoms with Crippen molar-refractivity contribution >= 4 is 34.7 Å². The van der Waals surface area contributed by atoms with Crippen molar-refractivity contribution in [2.45, 2.75) is 6.42 Å². The number of hydrogen-bond donors (Lipinski definition) is 2. The molecule has 2 N–H and O–H groups in total. The van der Waals surface area contributed by atoms with Gasteiger partial charge in [-0.05, 0) is 11.5 Å². The zero-order valence-corrected chi connectivity index (χ0v) is 10.6. The maximum absolute atomic E-state index is 11.5. The molecule has 0 spiro atoms. The van der Waals surface area contributed by atoms with Crippen molar-refractivity contribution in [1.82, 2.24) is 19.9 Å². The minimum absolute atomic E-state index is 0.0324. The second-order valence-corrected chi connectivity index (χ2v) is 4.78. The van der Waals surface area contributed by atoms with E-state index in [2.05, 4.69) is 19.9 Å². The van der Waals surface area contributed by atoms with Gasteiger partial charge in [-0.25, -0.2) is 9.78 Å². The number of carboxylic acids is 1. The fraction of sp³-hybridized carbons (Fsp3) is 0.222. The summed E-state index contributed by atoms with van der Waals surface area (Å²) in [6.07, 6.45) is 0.487. The molecular weight excluding hydrogens is 276 g/mol. The highest BCUT2D eigenvalue weighted by molar-refractivity contribution is 7.09. The average Bonchev–Trinajstić information content (AvgIpc) is 3.00. The molecule has 0 bridgehead atoms. The van der Waals surface area contributed by atoms with E-state index in [1.807, 2.05) is 0 Å². The molecule has 2 heterocycles. The molecule has 0 unspecified atom stereocenters. The van der Waals surface area contributed by atoms with Crippen molar-refractivity contribution in [1.29, 1.82) is 0 Å². The van der Waals surface area contributed by atoms with Gasteiger partial charge < -0.3 is 10.4 Å². The van der Waals surface area contributed by atoms with Crippen LogP contribution < -0.4 is 5.32 Å². The van der Waals surface area contributed by atoms with E-state index in [1.54, 1.807) is 5.38 Å². The molecule has 2 rings (SSSR count). The monoisotopic (exact) mass is 284 g/mol. The summed E-state index contributed by atoms with van der Waals surface area (Å²) in [5.74, 6) is -1.34. The summed E-state index contributed by atoms with van der Waals surface area (Å²) in [6.45, 7) is 0.378. The van der Waals surface area contributed by atoms with E-state index >= 15 is 0 Å². The zero-order chi connectivity index (χ0) is 13.0. The summed E-state index contributed by atoms with van der Waals surface area (Å²) < 4.78 is 3.59. The quantitative estimate of drug-likeness (QED) is 0.836. The summed E-state index contributed by atoms with van der Waals surface area (Å²) >= 11 is 2.36. The van der Waals surface area contributed by atoms with Crippen molar-refractivity contribution < 1.29 is 14.7 Å². The van der Waals surface area contributed by atoms with Crippen LogP contribution in [0.1, 0.15) is 26.0 Å². The van der Waals surface area contributed by atoms with Crippen LogP contribution >= 0.6 is 22.9 Å². The van der Waals surface area contributed by atoms with Crippen LogP contribution in [0.25, 0.3) is 0 Å². The molecule has 2 aromatic rings. The fourth-order valence-corrected chi connectivity index (χ4v) is 2.37. The Hall–Kier alpha value is -1.87. The summed E-state index contributed by atoms with van der Waals surface area (Å²) in [6, 6.07) is 0. The van der Waals surface area contributed by atoms with Crippen LogP contribution in [0.2, 0.25) is 0 Å². The Kier molecular flexibility index (Phi) is 3.95. The van der Waals surface area contributed by atoms with Crippen LogP contribution in [0.15, 0.2) is 10.8 Å². The number of carboxylic acid groups (broad SMARTS) is 1. The van der Waals surface area contributed by atoms with Gasteiger partial charge in [-0.3, -0.25) is 4.79 Å². The molecule has 9 heteroatoms. The Balaban J connectivity index is 1.81. The second-order valence-electron chi connectivity index (χ2n) is 3.23. The van der Waals surface area contributed by atoms with Gasteiger partial charge in [-0.15, -0.1) is 16.4 Å². The van der Waals surface area contributed by atoms with Gasteiger partial charge in [0.05, 0.1) is 5.01 Å². The first-order valence-corrected chi connectivity index (χ1v) is 6.61. The molecule has 1 amide bonds. The number of nitrogens with one attached hydrogen (secondary N) is 1. The molecule has 2 aromatic heterocycles. The van der Waals surface area contributed by atoms with Crippen LogP contribution in [0, 0.1) is 0 Å². The number of rotatable bonds is 5. The van der Waals surface area contributed by atoms with E-state index < -0.39 is 5.97 Å². The first-order valence-electron chi connectivity index (χ1n) is 4.90. The van der Waals surface area contributed by atoms with E-state index in [-0.39, 0.29) is 17.3 Å². The molecule has 0 saturated carbocycles. The maximum atomic E-state index is 11.5. The van der Waals surface area contributed by atoms with Crippen LogP contribution in [0.3, 0.4) is 0 Å². The number of aromatic nitrogens is 3. The molecule has 0 aliphatic heterocycles. The first-order chi connectivity index (χ1) is 8.66. The van der Waals surface area contributed by atoms with E-state index in [0.717, 1.165) is 11.5 Å². The summed E-state index contributed by atoms with van der Waals surface area (Å²) in [7, 11) is 0. The highest BCUT2D eigenvalue weighted by Gasteiger charge is 2.10. The van der Waals surface area contributed by atoms with Crippen molar-refractivity contribution in [2.24, 2.45) is 0 Å². The number of aromatic carboxylic acids is 1. The maximum Gasteiger partial charge on any atom is 0.355 e. The Bertz CT molecular complexity index is 552. The number of amides is 1. The first kappa shape index (κ1) is 12.6. The lowest BCUT2D eigenvalue weighted by Gasteiger charge is -1.99. The number of carbonyl (C=O) groups excluding carboxylic acids is 1. The van der Waals surface area contributed by atoms with Crippen LogP contribution in [0.5, 0.6) is 0 Å². The number of thiazole rings is 1. The molecule has 18 heavy (non-hydrogen) atoms. The topological polar surface area (TPSA) is 105 Å². The molecule has 0 atom stereocenters. The van der Waals surface area contributed by atoms with Crippen molar-refractivity contribution in [3.63, 3.8) is 0 Å². The predicted molar refractivity (Wildman–Crippen MR) is 65.0 cm³/mol. The number of hydrogen-bond acceptors (Lipinski definition) is 7. The lowest BCUT2D eigenvalue weighted by Crippen LogP contribution is -2.26. The molecular formula is C9H8N4O3S2. The highest BCUT2D eigenvalue weighted by atomic mass is 32.1. The standard InChI is InChI=1S/C9H8N4O3S2/c14-8(5-4-18-13-12-5)10-2-1-7-11-6(3-17-7)9(15)16/h3-4H,1-2H2,(H,10,14)(H,15,16). The molecule has 94 valence electrons. The van der Waals surface area contributed by atoms with Crippen molar-refractivity contribution in [3.05, 3.63) is 27.2 Å². The molecule has 0 aliphatic rings. The van der Waals surface area contributed by atoms with Gasteiger partial charge in [0.1, 0.15) is 0 Å². The molecule has 0 saturated heterocycles. The number of carbonyl (C=O) groups is 2. The van der Waals surface area contributed by atoms with E-state index in [1.165, 1.54) is 16.7 Å². The van der Waals surface area contributed by atoms with Gasteiger partial charge in [-0.1, -0.05) is 4.49 Å². The minimum atomic E-state index is -1.05. The molecule has 0 fully saturated rings. The second kappa shape index (κ2) is 5.65. The predicted octanol–water partition coefficient (Wildman–Crippen LogP) is 0.665. The van der Waals surface area contributed by atoms with Gasteiger partial charge in [0, 0.05) is 23.7 Å². The van der Waals surface area contributed by atoms with Gasteiger partial charge in [0.25, 0.3) is 5.91 Å². The van der Waals surface area contributed by atoms with Crippen molar-refractivity contribution in [2.75, 3.05) is 6.54 Å². The third kappa shape index (κ3) is 3.08. The Labute approximate surface area is 110 Å². The molecule has 0 aromatic carbocycles. The lowest BCUT2D eigenvalue weighted by atomic mass is 10.4.